The minimum atomic E-state index is -0.292. The molecule has 0 bridgehead atoms. The first-order valence-electron chi connectivity index (χ1n) is 8.43. The molecule has 2 atom stereocenters. The van der Waals surface area contributed by atoms with E-state index in [0.29, 0.717) is 13.1 Å². The normalized spacial score (nSPS) is 18.2. The van der Waals surface area contributed by atoms with Crippen LogP contribution in [0, 0.1) is 5.92 Å². The van der Waals surface area contributed by atoms with Crippen LogP contribution in [0.4, 0.5) is 5.69 Å². The van der Waals surface area contributed by atoms with Crippen molar-refractivity contribution in [3.05, 3.63) is 64.6 Å². The molecule has 0 radical (unpaired) electrons. The second-order valence-electron chi connectivity index (χ2n) is 6.44. The van der Waals surface area contributed by atoms with Crippen molar-refractivity contribution in [3.63, 3.8) is 0 Å². The average Bonchev–Trinajstić information content (AvgIpc) is 3.02. The van der Waals surface area contributed by atoms with Gasteiger partial charge in [0, 0.05) is 29.7 Å². The second-order valence-corrected chi connectivity index (χ2v) is 7.35. The zero-order valence-corrected chi connectivity index (χ0v) is 15.7. The van der Waals surface area contributed by atoms with Crippen LogP contribution >= 0.6 is 15.9 Å². The Morgan fingerprint density at radius 3 is 2.56 bits per heavy atom. The van der Waals surface area contributed by atoms with E-state index in [2.05, 4.69) is 40.3 Å². The average molecular weight is 401 g/mol. The second kappa shape index (κ2) is 7.83. The number of amides is 2. The Kier molecular flexibility index (Phi) is 5.53. The molecule has 4 nitrogen and oxygen atoms in total. The van der Waals surface area contributed by atoms with Crippen LogP contribution in [-0.2, 0) is 9.59 Å². The quantitative estimate of drug-likeness (QED) is 0.830. The van der Waals surface area contributed by atoms with Gasteiger partial charge in [-0.2, -0.15) is 0 Å². The van der Waals surface area contributed by atoms with Gasteiger partial charge in [0.05, 0.1) is 5.92 Å². The number of halogens is 1. The van der Waals surface area contributed by atoms with Crippen molar-refractivity contribution in [2.45, 2.75) is 19.3 Å². The van der Waals surface area contributed by atoms with E-state index in [1.54, 1.807) is 4.90 Å². The fourth-order valence-corrected chi connectivity index (χ4v) is 3.32. The number of nitrogens with zero attached hydrogens (tertiary/aromatic N) is 1. The Labute approximate surface area is 156 Å². The Morgan fingerprint density at radius 1 is 1.20 bits per heavy atom. The molecule has 0 aliphatic carbocycles. The van der Waals surface area contributed by atoms with Crippen molar-refractivity contribution < 1.29 is 9.59 Å². The smallest absolute Gasteiger partial charge is 0.227 e. The summed E-state index contributed by atoms with van der Waals surface area (Å²) in [6.07, 6.45) is 0.265. The summed E-state index contributed by atoms with van der Waals surface area (Å²) in [5.74, 6) is -0.0988. The molecule has 1 fully saturated rings. The molecule has 2 aromatic carbocycles. The minimum absolute atomic E-state index is 0.00131. The third-order valence-electron chi connectivity index (χ3n) is 4.59. The molecule has 1 N–H and O–H groups in total. The van der Waals surface area contributed by atoms with Gasteiger partial charge in [-0.15, -0.1) is 0 Å². The molecule has 2 aromatic rings. The standard InChI is InChI=1S/C20H21BrN2O2/c1-14(15-5-3-2-4-6-15)12-22-20(25)16-11-19(24)23(13-16)18-9-7-17(21)8-10-18/h2-10,14,16H,11-13H2,1H3,(H,22,25)/t14-,16+/m0/s1. The van der Waals surface area contributed by atoms with Crippen molar-refractivity contribution in [2.75, 3.05) is 18.0 Å². The van der Waals surface area contributed by atoms with E-state index >= 15 is 0 Å². The summed E-state index contributed by atoms with van der Waals surface area (Å²) in [6.45, 7) is 3.10. The van der Waals surface area contributed by atoms with E-state index < -0.39 is 0 Å². The minimum Gasteiger partial charge on any atom is -0.355 e. The van der Waals surface area contributed by atoms with Crippen LogP contribution < -0.4 is 10.2 Å². The third-order valence-corrected chi connectivity index (χ3v) is 5.11. The number of rotatable bonds is 5. The van der Waals surface area contributed by atoms with Gasteiger partial charge >= 0.3 is 0 Å². The largest absolute Gasteiger partial charge is 0.355 e. The predicted molar refractivity (Wildman–Crippen MR) is 102 cm³/mol. The van der Waals surface area contributed by atoms with Gasteiger partial charge in [0.2, 0.25) is 11.8 Å². The SMILES string of the molecule is C[C@@H](CNC(=O)[C@@H]1CC(=O)N(c2ccc(Br)cc2)C1)c1ccccc1. The summed E-state index contributed by atoms with van der Waals surface area (Å²) in [4.78, 5) is 26.4. The number of benzene rings is 2. The lowest BCUT2D eigenvalue weighted by Crippen LogP contribution is -2.35. The van der Waals surface area contributed by atoms with Crippen molar-refractivity contribution >= 4 is 33.4 Å². The van der Waals surface area contributed by atoms with Gasteiger partial charge in [0.1, 0.15) is 0 Å². The van der Waals surface area contributed by atoms with Crippen LogP contribution in [0.5, 0.6) is 0 Å². The number of nitrogens with one attached hydrogen (secondary N) is 1. The topological polar surface area (TPSA) is 49.4 Å². The summed E-state index contributed by atoms with van der Waals surface area (Å²) >= 11 is 3.39. The number of carbonyl (C=O) groups is 2. The highest BCUT2D eigenvalue weighted by molar-refractivity contribution is 9.10. The maximum atomic E-state index is 12.5. The van der Waals surface area contributed by atoms with Crippen molar-refractivity contribution in [2.24, 2.45) is 5.92 Å². The van der Waals surface area contributed by atoms with Gasteiger partial charge < -0.3 is 10.2 Å². The van der Waals surface area contributed by atoms with Gasteiger partial charge in [-0.1, -0.05) is 53.2 Å². The zero-order chi connectivity index (χ0) is 17.8. The molecule has 0 saturated carbocycles. The molecule has 2 amide bonds. The molecular formula is C20H21BrN2O2. The van der Waals surface area contributed by atoms with Gasteiger partial charge in [-0.3, -0.25) is 9.59 Å². The van der Waals surface area contributed by atoms with Crippen LogP contribution in [0.1, 0.15) is 24.8 Å². The van der Waals surface area contributed by atoms with Crippen LogP contribution in [0.15, 0.2) is 59.1 Å². The van der Waals surface area contributed by atoms with E-state index in [1.807, 2.05) is 42.5 Å². The van der Waals surface area contributed by atoms with Crippen molar-refractivity contribution in [3.8, 4) is 0 Å². The van der Waals surface area contributed by atoms with Gasteiger partial charge in [-0.25, -0.2) is 0 Å². The van der Waals surface area contributed by atoms with E-state index in [4.69, 9.17) is 0 Å². The molecule has 25 heavy (non-hydrogen) atoms. The third kappa shape index (κ3) is 4.28. The van der Waals surface area contributed by atoms with Crippen LogP contribution in [0.3, 0.4) is 0 Å². The molecule has 3 rings (SSSR count). The molecule has 0 unspecified atom stereocenters. The zero-order valence-electron chi connectivity index (χ0n) is 14.1. The fraction of sp³-hybridized carbons (Fsp3) is 0.300. The molecule has 130 valence electrons. The molecule has 5 heteroatoms. The number of hydrogen-bond donors (Lipinski definition) is 1. The highest BCUT2D eigenvalue weighted by Crippen LogP contribution is 2.26. The summed E-state index contributed by atoms with van der Waals surface area (Å²) in [5, 5.41) is 3.00. The van der Waals surface area contributed by atoms with E-state index in [-0.39, 0.29) is 30.1 Å². The highest BCUT2D eigenvalue weighted by Gasteiger charge is 2.35. The Morgan fingerprint density at radius 2 is 1.88 bits per heavy atom. The predicted octanol–water partition coefficient (Wildman–Crippen LogP) is 3.72. The number of anilines is 1. The van der Waals surface area contributed by atoms with E-state index in [9.17, 15) is 9.59 Å². The molecule has 0 aromatic heterocycles. The highest BCUT2D eigenvalue weighted by atomic mass is 79.9. The number of carbonyl (C=O) groups excluding carboxylic acids is 2. The molecule has 0 spiro atoms. The fourth-order valence-electron chi connectivity index (χ4n) is 3.05. The lowest BCUT2D eigenvalue weighted by molar-refractivity contribution is -0.126. The Hall–Kier alpha value is -2.14. The van der Waals surface area contributed by atoms with Gasteiger partial charge in [0.25, 0.3) is 0 Å². The Bertz CT molecular complexity index is 746. The molecular weight excluding hydrogens is 380 g/mol. The van der Waals surface area contributed by atoms with Crippen molar-refractivity contribution in [1.82, 2.24) is 5.32 Å². The maximum Gasteiger partial charge on any atom is 0.227 e. The van der Waals surface area contributed by atoms with Crippen LogP contribution in [-0.4, -0.2) is 24.9 Å². The monoisotopic (exact) mass is 400 g/mol. The molecule has 1 saturated heterocycles. The maximum absolute atomic E-state index is 12.5. The summed E-state index contributed by atoms with van der Waals surface area (Å²) in [5.41, 5.74) is 2.03. The first-order valence-corrected chi connectivity index (χ1v) is 9.22. The van der Waals surface area contributed by atoms with Gasteiger partial charge in [-0.05, 0) is 35.7 Å². The van der Waals surface area contributed by atoms with E-state index in [0.717, 1.165) is 10.2 Å². The summed E-state index contributed by atoms with van der Waals surface area (Å²) in [6, 6.07) is 17.7. The summed E-state index contributed by atoms with van der Waals surface area (Å²) < 4.78 is 0.965. The van der Waals surface area contributed by atoms with E-state index in [1.165, 1.54) is 5.56 Å². The lowest BCUT2D eigenvalue weighted by atomic mass is 10.0. The Balaban J connectivity index is 1.56. The first kappa shape index (κ1) is 17.7. The number of hydrogen-bond acceptors (Lipinski definition) is 2. The van der Waals surface area contributed by atoms with Crippen molar-refractivity contribution in [1.29, 1.82) is 0 Å². The first-order chi connectivity index (χ1) is 12.0. The molecule has 1 heterocycles. The molecule has 1 aliphatic rings. The van der Waals surface area contributed by atoms with Crippen LogP contribution in [0.2, 0.25) is 0 Å². The summed E-state index contributed by atoms with van der Waals surface area (Å²) in [7, 11) is 0. The lowest BCUT2D eigenvalue weighted by Gasteiger charge is -2.18. The van der Waals surface area contributed by atoms with Gasteiger partial charge in [0.15, 0.2) is 0 Å². The molecule has 1 aliphatic heterocycles. The van der Waals surface area contributed by atoms with Crippen LogP contribution in [0.25, 0.3) is 0 Å².